The van der Waals surface area contributed by atoms with Crippen molar-refractivity contribution in [2.45, 2.75) is 38.8 Å². The maximum absolute atomic E-state index is 12.3. The molecule has 2 rings (SSSR count). The van der Waals surface area contributed by atoms with Crippen molar-refractivity contribution in [3.8, 4) is 0 Å². The van der Waals surface area contributed by atoms with Crippen LogP contribution in [0, 0.1) is 10.1 Å². The number of hydroxylamine groups is 4. The molecule has 0 amide bonds. The van der Waals surface area contributed by atoms with E-state index >= 15 is 0 Å². The van der Waals surface area contributed by atoms with Gasteiger partial charge in [0.05, 0.1) is 6.21 Å². The van der Waals surface area contributed by atoms with E-state index in [-0.39, 0.29) is 11.5 Å². The van der Waals surface area contributed by atoms with Gasteiger partial charge in [-0.2, -0.15) is 0 Å². The molecular formula is C11H15N4O3. The van der Waals surface area contributed by atoms with Gasteiger partial charge in [-0.1, -0.05) is 9.97 Å². The first-order valence-electron chi connectivity index (χ1n) is 5.56. The summed E-state index contributed by atoms with van der Waals surface area (Å²) < 4.78 is 0.589. The zero-order valence-corrected chi connectivity index (χ0v) is 10.7. The minimum Gasteiger partial charge on any atom is -0.754 e. The minimum absolute atomic E-state index is 0.0406. The minimum atomic E-state index is -0.938. The Kier molecular flexibility index (Phi) is 2.56. The lowest BCUT2D eigenvalue weighted by atomic mass is 9.84. The van der Waals surface area contributed by atoms with Crippen LogP contribution >= 0.6 is 0 Å². The van der Waals surface area contributed by atoms with Crippen molar-refractivity contribution in [2.24, 2.45) is 4.99 Å². The molecular weight excluding hydrogens is 236 g/mol. The fraction of sp³-hybridized carbons (Fsp3) is 0.545. The van der Waals surface area contributed by atoms with E-state index in [0.29, 0.717) is 14.9 Å². The van der Waals surface area contributed by atoms with Crippen molar-refractivity contribution in [1.82, 2.24) is 10.1 Å². The Morgan fingerprint density at radius 2 is 1.94 bits per heavy atom. The topological polar surface area (TPSA) is 81.9 Å². The molecule has 0 aromatic heterocycles. The second kappa shape index (κ2) is 3.63. The first-order chi connectivity index (χ1) is 8.21. The Labute approximate surface area is 105 Å². The predicted molar refractivity (Wildman–Crippen MR) is 64.2 cm³/mol. The fourth-order valence-corrected chi connectivity index (χ4v) is 1.82. The zero-order valence-electron chi connectivity index (χ0n) is 10.7. The molecule has 1 fully saturated rings. The van der Waals surface area contributed by atoms with Crippen LogP contribution in [0.2, 0.25) is 0 Å². The second-order valence-electron chi connectivity index (χ2n) is 5.32. The molecule has 0 aromatic rings. The third-order valence-corrected chi connectivity index (χ3v) is 3.85. The lowest BCUT2D eigenvalue weighted by Crippen LogP contribution is -2.50. The molecule has 0 N–H and O–H groups in total. The standard InChI is InChI=1S/C11H15N4O3/c1-10(2)11(3,4)15(18)9(14(10)17)8-7-12-5-6-13(8)16/h5-7H,1-4H3. The highest BCUT2D eigenvalue weighted by Crippen LogP contribution is 2.42. The SMILES string of the molecule is CC1(C)N([O])/C(=C2\C=NC=CN2[O-])[N+](=O)C1(C)C. The third kappa shape index (κ3) is 1.41. The molecule has 0 spiro atoms. The first kappa shape index (κ1) is 12.7. The highest BCUT2D eigenvalue weighted by molar-refractivity contribution is 5.80. The highest BCUT2D eigenvalue weighted by Gasteiger charge is 2.66. The van der Waals surface area contributed by atoms with Gasteiger partial charge in [0.2, 0.25) is 0 Å². The Morgan fingerprint density at radius 3 is 2.39 bits per heavy atom. The molecule has 2 aliphatic rings. The average Bonchev–Trinajstić information content (AvgIpc) is 2.40. The predicted octanol–water partition coefficient (Wildman–Crippen LogP) is 1.51. The van der Waals surface area contributed by atoms with Gasteiger partial charge in [-0.05, 0) is 32.5 Å². The van der Waals surface area contributed by atoms with Crippen LogP contribution in [0.1, 0.15) is 27.7 Å². The summed E-state index contributed by atoms with van der Waals surface area (Å²) >= 11 is 0. The van der Waals surface area contributed by atoms with E-state index in [9.17, 15) is 15.3 Å². The summed E-state index contributed by atoms with van der Waals surface area (Å²) in [7, 11) is 0. The second-order valence-corrected chi connectivity index (χ2v) is 5.32. The van der Waals surface area contributed by atoms with E-state index in [0.717, 1.165) is 6.20 Å². The van der Waals surface area contributed by atoms with Gasteiger partial charge in [-0.25, -0.2) is 0 Å². The average molecular weight is 251 g/mol. The Hall–Kier alpha value is -1.73. The van der Waals surface area contributed by atoms with E-state index < -0.39 is 11.1 Å². The van der Waals surface area contributed by atoms with E-state index in [1.54, 1.807) is 27.7 Å². The van der Waals surface area contributed by atoms with Crippen LogP contribution in [0.5, 0.6) is 0 Å². The molecule has 2 aliphatic heterocycles. The van der Waals surface area contributed by atoms with Crippen LogP contribution < -0.4 is 0 Å². The summed E-state index contributed by atoms with van der Waals surface area (Å²) in [6.07, 6.45) is 3.67. The lowest BCUT2D eigenvalue weighted by Gasteiger charge is -2.27. The summed E-state index contributed by atoms with van der Waals surface area (Å²) in [5, 5.41) is 25.0. The Morgan fingerprint density at radius 1 is 1.33 bits per heavy atom. The fourth-order valence-electron chi connectivity index (χ4n) is 1.82. The highest BCUT2D eigenvalue weighted by atomic mass is 16.5. The van der Waals surface area contributed by atoms with Gasteiger partial charge in [0.1, 0.15) is 5.70 Å². The molecule has 97 valence electrons. The molecule has 0 aromatic carbocycles. The molecule has 0 atom stereocenters. The van der Waals surface area contributed by atoms with Crippen molar-refractivity contribution < 1.29 is 9.97 Å². The van der Waals surface area contributed by atoms with Crippen molar-refractivity contribution in [3.63, 3.8) is 0 Å². The van der Waals surface area contributed by atoms with Gasteiger partial charge in [0, 0.05) is 17.6 Å². The summed E-state index contributed by atoms with van der Waals surface area (Å²) in [6.45, 7) is 6.68. The number of rotatable bonds is 0. The summed E-state index contributed by atoms with van der Waals surface area (Å²) in [6, 6.07) is 0. The molecule has 18 heavy (non-hydrogen) atoms. The van der Waals surface area contributed by atoms with Crippen LogP contribution in [0.15, 0.2) is 28.9 Å². The van der Waals surface area contributed by atoms with Crippen LogP contribution in [-0.4, -0.2) is 32.2 Å². The number of hydrogen-bond donors (Lipinski definition) is 0. The van der Waals surface area contributed by atoms with E-state index in [1.165, 1.54) is 12.4 Å². The molecule has 7 heteroatoms. The zero-order chi connectivity index (χ0) is 13.7. The molecule has 2 heterocycles. The molecule has 1 radical (unpaired) electrons. The molecule has 1 saturated heterocycles. The molecule has 7 nitrogen and oxygen atoms in total. The van der Waals surface area contributed by atoms with Gasteiger partial charge >= 0.3 is 5.82 Å². The maximum Gasteiger partial charge on any atom is 0.374 e. The Bertz CT molecular complexity index is 491. The normalized spacial score (nSPS) is 29.3. The number of nitrogens with zero attached hydrogens (tertiary/aromatic N) is 4. The number of nitroso groups, excluding NO2 is 1. The molecule has 0 saturated carbocycles. The van der Waals surface area contributed by atoms with Crippen molar-refractivity contribution in [1.29, 1.82) is 0 Å². The van der Waals surface area contributed by atoms with Crippen molar-refractivity contribution >= 4 is 6.21 Å². The number of allylic oxidation sites excluding steroid dienone is 1. The summed E-state index contributed by atoms with van der Waals surface area (Å²) in [5.74, 6) is -0.201. The van der Waals surface area contributed by atoms with Crippen molar-refractivity contribution in [2.75, 3.05) is 0 Å². The number of aliphatic imine (C=N–C) groups is 1. The Balaban J connectivity index is 2.61. The van der Waals surface area contributed by atoms with E-state index in [2.05, 4.69) is 4.99 Å². The van der Waals surface area contributed by atoms with Crippen LogP contribution in [-0.2, 0) is 5.21 Å². The molecule has 0 unspecified atom stereocenters. The quantitative estimate of drug-likeness (QED) is 0.611. The third-order valence-electron chi connectivity index (χ3n) is 3.85. The summed E-state index contributed by atoms with van der Waals surface area (Å²) in [4.78, 5) is 16.0. The van der Waals surface area contributed by atoms with Crippen molar-refractivity contribution in [3.05, 3.63) is 34.0 Å². The van der Waals surface area contributed by atoms with Gasteiger partial charge in [-0.3, -0.25) is 4.99 Å². The van der Waals surface area contributed by atoms with Gasteiger partial charge in [-0.15, -0.1) is 0 Å². The first-order valence-corrected chi connectivity index (χ1v) is 5.56. The summed E-state index contributed by atoms with van der Waals surface area (Å²) in [5.41, 5.74) is -1.92. The van der Waals surface area contributed by atoms with E-state index in [4.69, 9.17) is 0 Å². The molecule has 0 bridgehead atoms. The number of hydrogen-bond acceptors (Lipinski definition) is 5. The van der Waals surface area contributed by atoms with Gasteiger partial charge < -0.3 is 10.3 Å². The maximum atomic E-state index is 12.3. The van der Waals surface area contributed by atoms with Crippen LogP contribution in [0.25, 0.3) is 0 Å². The van der Waals surface area contributed by atoms with Crippen LogP contribution in [0.3, 0.4) is 0 Å². The largest absolute Gasteiger partial charge is 0.754 e. The van der Waals surface area contributed by atoms with E-state index in [1.807, 2.05) is 0 Å². The van der Waals surface area contributed by atoms with Gasteiger partial charge in [0.15, 0.2) is 11.1 Å². The monoisotopic (exact) mass is 251 g/mol. The smallest absolute Gasteiger partial charge is 0.374 e. The lowest BCUT2D eigenvalue weighted by molar-refractivity contribution is -0.569. The molecule has 0 aliphatic carbocycles. The van der Waals surface area contributed by atoms with Gasteiger partial charge in [0.25, 0.3) is 0 Å². The van der Waals surface area contributed by atoms with Crippen LogP contribution in [0.4, 0.5) is 0 Å².